The van der Waals surface area contributed by atoms with Crippen LogP contribution in [0, 0.1) is 11.6 Å². The molecule has 2 rings (SSSR count). The molecule has 5 heteroatoms. The van der Waals surface area contributed by atoms with E-state index in [-0.39, 0.29) is 18.0 Å². The van der Waals surface area contributed by atoms with Gasteiger partial charge in [0.2, 0.25) is 5.91 Å². The monoisotopic (exact) mass is 290 g/mol. The molecule has 1 unspecified atom stereocenters. The zero-order chi connectivity index (χ0) is 15.2. The van der Waals surface area contributed by atoms with Gasteiger partial charge in [-0.25, -0.2) is 8.78 Å². The predicted octanol–water partition coefficient (Wildman–Crippen LogP) is 3.25. The van der Waals surface area contributed by atoms with Gasteiger partial charge in [0.1, 0.15) is 11.6 Å². The summed E-state index contributed by atoms with van der Waals surface area (Å²) in [5.41, 5.74) is 0.945. The third-order valence-corrected chi connectivity index (χ3v) is 3.03. The Morgan fingerprint density at radius 2 is 1.86 bits per heavy atom. The van der Waals surface area contributed by atoms with E-state index in [9.17, 15) is 13.6 Å². The van der Waals surface area contributed by atoms with Crippen molar-refractivity contribution in [1.82, 2.24) is 5.32 Å². The van der Waals surface area contributed by atoms with Crippen molar-refractivity contribution < 1.29 is 13.6 Å². The quantitative estimate of drug-likeness (QED) is 0.887. The summed E-state index contributed by atoms with van der Waals surface area (Å²) in [5, 5.41) is 5.57. The van der Waals surface area contributed by atoms with Crippen LogP contribution in [0.5, 0.6) is 0 Å². The molecule has 0 bridgehead atoms. The summed E-state index contributed by atoms with van der Waals surface area (Å²) in [6, 6.07) is 11.8. The predicted molar refractivity (Wildman–Crippen MR) is 77.8 cm³/mol. The number of nitrogens with one attached hydrogen (secondary N) is 2. The maximum atomic E-state index is 13.6. The average molecular weight is 290 g/mol. The van der Waals surface area contributed by atoms with Crippen LogP contribution in [0.4, 0.5) is 14.5 Å². The lowest BCUT2D eigenvalue weighted by atomic mass is 10.1. The van der Waals surface area contributed by atoms with Crippen LogP contribution in [0.2, 0.25) is 0 Å². The number of anilines is 1. The van der Waals surface area contributed by atoms with Gasteiger partial charge < -0.3 is 10.6 Å². The number of hydrogen-bond acceptors (Lipinski definition) is 2. The van der Waals surface area contributed by atoms with E-state index < -0.39 is 17.7 Å². The molecule has 1 atom stereocenters. The maximum Gasteiger partial charge on any atom is 0.239 e. The number of amides is 1. The summed E-state index contributed by atoms with van der Waals surface area (Å²) in [5.74, 6) is -1.37. The van der Waals surface area contributed by atoms with Gasteiger partial charge in [-0.05, 0) is 37.3 Å². The second-order valence-corrected chi connectivity index (χ2v) is 4.67. The lowest BCUT2D eigenvalue weighted by Gasteiger charge is -2.15. The smallest absolute Gasteiger partial charge is 0.239 e. The van der Waals surface area contributed by atoms with Crippen molar-refractivity contribution in [2.24, 2.45) is 0 Å². The number of hydrogen-bond donors (Lipinski definition) is 2. The third kappa shape index (κ3) is 4.27. The first-order chi connectivity index (χ1) is 10.1. The molecular weight excluding hydrogens is 274 g/mol. The normalized spacial score (nSPS) is 11.8. The van der Waals surface area contributed by atoms with Crippen molar-refractivity contribution in [2.75, 3.05) is 11.9 Å². The van der Waals surface area contributed by atoms with Crippen LogP contribution >= 0.6 is 0 Å². The highest BCUT2D eigenvalue weighted by molar-refractivity contribution is 5.81. The van der Waals surface area contributed by atoms with Crippen molar-refractivity contribution >= 4 is 11.6 Å². The zero-order valence-electron chi connectivity index (χ0n) is 11.6. The Morgan fingerprint density at radius 3 is 2.57 bits per heavy atom. The van der Waals surface area contributed by atoms with Gasteiger partial charge in [0.05, 0.1) is 12.6 Å². The molecule has 21 heavy (non-hydrogen) atoms. The van der Waals surface area contributed by atoms with Crippen LogP contribution in [0.25, 0.3) is 0 Å². The van der Waals surface area contributed by atoms with Crippen molar-refractivity contribution in [1.29, 1.82) is 0 Å². The first kappa shape index (κ1) is 15.0. The molecule has 2 N–H and O–H groups in total. The van der Waals surface area contributed by atoms with Crippen LogP contribution in [0.1, 0.15) is 18.5 Å². The Morgan fingerprint density at radius 1 is 1.14 bits per heavy atom. The summed E-state index contributed by atoms with van der Waals surface area (Å²) < 4.78 is 26.7. The molecular formula is C16H16F2N2O. The SMILES string of the molecule is CC(NC(=O)CNc1ccccc1)c1cc(F)ccc1F. The van der Waals surface area contributed by atoms with Crippen LogP contribution in [0.3, 0.4) is 0 Å². The molecule has 0 saturated heterocycles. The van der Waals surface area contributed by atoms with Crippen molar-refractivity contribution in [2.45, 2.75) is 13.0 Å². The minimum absolute atomic E-state index is 0.0608. The highest BCUT2D eigenvalue weighted by atomic mass is 19.1. The van der Waals surface area contributed by atoms with E-state index in [1.165, 1.54) is 0 Å². The molecule has 0 aromatic heterocycles. The van der Waals surface area contributed by atoms with E-state index >= 15 is 0 Å². The van der Waals surface area contributed by atoms with E-state index in [1.54, 1.807) is 6.92 Å². The zero-order valence-corrected chi connectivity index (χ0v) is 11.6. The molecule has 0 aliphatic carbocycles. The molecule has 0 heterocycles. The van der Waals surface area contributed by atoms with Crippen molar-refractivity contribution in [3.8, 4) is 0 Å². The molecule has 3 nitrogen and oxygen atoms in total. The molecule has 0 aliphatic heterocycles. The molecule has 1 amide bonds. The lowest BCUT2D eigenvalue weighted by molar-refractivity contribution is -0.120. The maximum absolute atomic E-state index is 13.6. The number of halogens is 2. The number of rotatable bonds is 5. The summed E-state index contributed by atoms with van der Waals surface area (Å²) in [6.45, 7) is 1.67. The molecule has 0 fully saturated rings. The van der Waals surface area contributed by atoms with Gasteiger partial charge in [-0.3, -0.25) is 4.79 Å². The van der Waals surface area contributed by atoms with Gasteiger partial charge in [-0.15, -0.1) is 0 Å². The van der Waals surface area contributed by atoms with Gasteiger partial charge in [0, 0.05) is 11.3 Å². The van der Waals surface area contributed by atoms with Crippen molar-refractivity contribution in [3.05, 3.63) is 65.7 Å². The Bertz CT molecular complexity index is 617. The molecule has 2 aromatic carbocycles. The second-order valence-electron chi connectivity index (χ2n) is 4.67. The Labute approximate surface area is 122 Å². The summed E-state index contributed by atoms with van der Waals surface area (Å²) in [6.07, 6.45) is 0. The minimum atomic E-state index is -0.606. The first-order valence-corrected chi connectivity index (χ1v) is 6.59. The van der Waals surface area contributed by atoms with E-state index in [2.05, 4.69) is 10.6 Å². The molecule has 2 aromatic rings. The van der Waals surface area contributed by atoms with Crippen LogP contribution in [-0.2, 0) is 4.79 Å². The standard InChI is InChI=1S/C16H16F2N2O/c1-11(14-9-12(17)7-8-15(14)18)20-16(21)10-19-13-5-3-2-4-6-13/h2-9,11,19H,10H2,1H3,(H,20,21). The average Bonchev–Trinajstić information content (AvgIpc) is 2.48. The number of carbonyl (C=O) groups is 1. The van der Waals surface area contributed by atoms with E-state index in [4.69, 9.17) is 0 Å². The molecule has 0 radical (unpaired) electrons. The number of carbonyl (C=O) groups excluding carboxylic acids is 1. The third-order valence-electron chi connectivity index (χ3n) is 3.03. The van der Waals surface area contributed by atoms with Gasteiger partial charge in [-0.2, -0.15) is 0 Å². The van der Waals surface area contributed by atoms with Crippen LogP contribution in [-0.4, -0.2) is 12.5 Å². The van der Waals surface area contributed by atoms with Crippen LogP contribution in [0.15, 0.2) is 48.5 Å². The largest absolute Gasteiger partial charge is 0.376 e. The molecule has 0 aliphatic rings. The Balaban J connectivity index is 1.91. The van der Waals surface area contributed by atoms with Gasteiger partial charge in [0.25, 0.3) is 0 Å². The van der Waals surface area contributed by atoms with Gasteiger partial charge in [0.15, 0.2) is 0 Å². The van der Waals surface area contributed by atoms with Gasteiger partial charge in [-0.1, -0.05) is 18.2 Å². The Kier molecular flexibility index (Phi) is 4.87. The molecule has 110 valence electrons. The fourth-order valence-corrected chi connectivity index (χ4v) is 1.96. The van der Waals surface area contributed by atoms with Crippen molar-refractivity contribution in [3.63, 3.8) is 0 Å². The lowest BCUT2D eigenvalue weighted by Crippen LogP contribution is -2.32. The highest BCUT2D eigenvalue weighted by Gasteiger charge is 2.14. The molecule has 0 spiro atoms. The van der Waals surface area contributed by atoms with E-state index in [0.29, 0.717) is 0 Å². The minimum Gasteiger partial charge on any atom is -0.376 e. The first-order valence-electron chi connectivity index (χ1n) is 6.59. The topological polar surface area (TPSA) is 41.1 Å². The van der Waals surface area contributed by atoms with E-state index in [1.807, 2.05) is 30.3 Å². The summed E-state index contributed by atoms with van der Waals surface area (Å²) in [7, 11) is 0. The number of para-hydroxylation sites is 1. The Hall–Kier alpha value is -2.43. The second kappa shape index (κ2) is 6.83. The highest BCUT2D eigenvalue weighted by Crippen LogP contribution is 2.17. The number of benzene rings is 2. The molecule has 0 saturated carbocycles. The van der Waals surface area contributed by atoms with Crippen LogP contribution < -0.4 is 10.6 Å². The summed E-state index contributed by atoms with van der Waals surface area (Å²) >= 11 is 0. The van der Waals surface area contributed by atoms with E-state index in [0.717, 1.165) is 23.9 Å². The summed E-state index contributed by atoms with van der Waals surface area (Å²) in [4.78, 5) is 11.8. The fraction of sp³-hybridized carbons (Fsp3) is 0.188. The fourth-order valence-electron chi connectivity index (χ4n) is 1.96. The van der Waals surface area contributed by atoms with Gasteiger partial charge >= 0.3 is 0 Å².